The largest absolute Gasteiger partial charge is 0.313 e. The molecule has 0 bridgehead atoms. The molecule has 122 valence electrons. The number of nitrogens with one attached hydrogen (secondary N) is 2. The van der Waals surface area contributed by atoms with E-state index in [1.54, 1.807) is 29.0 Å². The molecule has 1 aliphatic heterocycles. The van der Waals surface area contributed by atoms with Gasteiger partial charge in [-0.2, -0.15) is 5.10 Å². The summed E-state index contributed by atoms with van der Waals surface area (Å²) in [7, 11) is -4.17. The second-order valence-corrected chi connectivity index (χ2v) is 6.97. The lowest BCUT2D eigenvalue weighted by molar-refractivity contribution is -0.129. The number of rotatable bonds is 4. The van der Waals surface area contributed by atoms with E-state index in [2.05, 4.69) is 10.4 Å². The quantitative estimate of drug-likeness (QED) is 0.841. The highest BCUT2D eigenvalue weighted by molar-refractivity contribution is 7.90. The lowest BCUT2D eigenvalue weighted by Gasteiger charge is -2.16. The van der Waals surface area contributed by atoms with Crippen LogP contribution < -0.4 is 10.0 Å². The summed E-state index contributed by atoms with van der Waals surface area (Å²) in [4.78, 5) is 11.7. The number of amides is 1. The number of sulfonamides is 1. The van der Waals surface area contributed by atoms with Gasteiger partial charge in [-0.3, -0.25) is 4.79 Å². The number of benzene rings is 1. The molecule has 0 saturated carbocycles. The fraction of sp³-hybridized carbons (Fsp3) is 0.286. The van der Waals surface area contributed by atoms with Gasteiger partial charge in [-0.05, 0) is 18.7 Å². The molecule has 2 heterocycles. The summed E-state index contributed by atoms with van der Waals surface area (Å²) < 4.78 is 41.8. The van der Waals surface area contributed by atoms with E-state index in [4.69, 9.17) is 0 Å². The molecule has 0 spiro atoms. The number of carbonyl (C=O) groups excluding carboxylic acids is 1. The summed E-state index contributed by atoms with van der Waals surface area (Å²) in [6.07, 6.45) is 2.32. The SMILES string of the molecule is O=C(NS(=O)(=O)c1cnn(-c2ccccc2)c1)C1(F)CCNC1. The van der Waals surface area contributed by atoms with Crippen molar-refractivity contribution in [1.29, 1.82) is 0 Å². The van der Waals surface area contributed by atoms with Crippen molar-refractivity contribution in [2.75, 3.05) is 13.1 Å². The molecular weight excluding hydrogens is 323 g/mol. The molecule has 1 saturated heterocycles. The third-order valence-electron chi connectivity index (χ3n) is 3.63. The standard InChI is InChI=1S/C14H15FN4O3S/c15-14(6-7-16-10-14)13(20)18-23(21,22)12-8-17-19(9-12)11-4-2-1-3-5-11/h1-5,8-9,16H,6-7,10H2,(H,18,20). The average Bonchev–Trinajstić information content (AvgIpc) is 3.18. The first-order valence-electron chi connectivity index (χ1n) is 6.98. The van der Waals surface area contributed by atoms with Crippen LogP contribution in [0.5, 0.6) is 0 Å². The first-order valence-corrected chi connectivity index (χ1v) is 8.46. The highest BCUT2D eigenvalue weighted by Crippen LogP contribution is 2.21. The van der Waals surface area contributed by atoms with Crippen LogP contribution in [0.15, 0.2) is 47.6 Å². The summed E-state index contributed by atoms with van der Waals surface area (Å²) in [6, 6.07) is 8.90. The van der Waals surface area contributed by atoms with Crippen molar-refractivity contribution in [3.63, 3.8) is 0 Å². The van der Waals surface area contributed by atoms with Gasteiger partial charge in [0.2, 0.25) is 5.67 Å². The molecule has 3 rings (SSSR count). The lowest BCUT2D eigenvalue weighted by Crippen LogP contribution is -2.47. The first-order chi connectivity index (χ1) is 10.9. The minimum Gasteiger partial charge on any atom is -0.313 e. The number of carbonyl (C=O) groups is 1. The zero-order chi connectivity index (χ0) is 16.5. The fourth-order valence-corrected chi connectivity index (χ4v) is 3.26. The van der Waals surface area contributed by atoms with E-state index in [0.717, 1.165) is 6.20 Å². The second kappa shape index (κ2) is 5.74. The smallest absolute Gasteiger partial charge is 0.272 e. The zero-order valence-corrected chi connectivity index (χ0v) is 12.9. The molecule has 1 aromatic heterocycles. The molecule has 1 aromatic carbocycles. The van der Waals surface area contributed by atoms with Gasteiger partial charge in [0.15, 0.2) is 0 Å². The molecule has 1 amide bonds. The third-order valence-corrected chi connectivity index (χ3v) is 4.91. The van der Waals surface area contributed by atoms with Crippen molar-refractivity contribution in [1.82, 2.24) is 19.8 Å². The Hall–Kier alpha value is -2.26. The number of para-hydroxylation sites is 1. The minimum absolute atomic E-state index is 0.0579. The maximum atomic E-state index is 14.3. The maximum absolute atomic E-state index is 14.3. The van der Waals surface area contributed by atoms with Crippen molar-refractivity contribution in [3.8, 4) is 5.69 Å². The van der Waals surface area contributed by atoms with E-state index in [1.165, 1.54) is 10.9 Å². The van der Waals surface area contributed by atoms with E-state index < -0.39 is 21.6 Å². The van der Waals surface area contributed by atoms with Crippen LogP contribution in [0.2, 0.25) is 0 Å². The van der Waals surface area contributed by atoms with Crippen molar-refractivity contribution < 1.29 is 17.6 Å². The maximum Gasteiger partial charge on any atom is 0.272 e. The van der Waals surface area contributed by atoms with Crippen LogP contribution in [0.3, 0.4) is 0 Å². The van der Waals surface area contributed by atoms with Gasteiger partial charge in [0.25, 0.3) is 15.9 Å². The van der Waals surface area contributed by atoms with Gasteiger partial charge in [-0.15, -0.1) is 0 Å². The summed E-state index contributed by atoms with van der Waals surface area (Å²) in [5.41, 5.74) is -1.54. The summed E-state index contributed by atoms with van der Waals surface area (Å²) >= 11 is 0. The normalized spacial score (nSPS) is 21.3. The molecule has 9 heteroatoms. The molecule has 0 radical (unpaired) electrons. The van der Waals surface area contributed by atoms with Crippen LogP contribution in [-0.4, -0.2) is 42.9 Å². The minimum atomic E-state index is -4.17. The van der Waals surface area contributed by atoms with Gasteiger partial charge in [0.05, 0.1) is 18.1 Å². The van der Waals surface area contributed by atoms with Gasteiger partial charge < -0.3 is 5.32 Å². The highest BCUT2D eigenvalue weighted by Gasteiger charge is 2.43. The van der Waals surface area contributed by atoms with Crippen molar-refractivity contribution >= 4 is 15.9 Å². The Morgan fingerprint density at radius 3 is 2.74 bits per heavy atom. The molecule has 1 fully saturated rings. The molecule has 1 atom stereocenters. The molecular formula is C14H15FN4O3S. The Bertz CT molecular complexity index is 814. The van der Waals surface area contributed by atoms with Crippen molar-refractivity contribution in [2.24, 2.45) is 0 Å². The molecule has 1 unspecified atom stereocenters. The summed E-state index contributed by atoms with van der Waals surface area (Å²) in [5, 5.41) is 6.65. The fourth-order valence-electron chi connectivity index (χ4n) is 2.29. The van der Waals surface area contributed by atoms with E-state index in [-0.39, 0.29) is 17.9 Å². The van der Waals surface area contributed by atoms with Gasteiger partial charge in [0.1, 0.15) is 4.90 Å². The van der Waals surface area contributed by atoms with Crippen LogP contribution >= 0.6 is 0 Å². The van der Waals surface area contributed by atoms with Gasteiger partial charge in [-0.25, -0.2) is 22.2 Å². The number of halogens is 1. The van der Waals surface area contributed by atoms with Crippen LogP contribution in [-0.2, 0) is 14.8 Å². The molecule has 1 aliphatic rings. The average molecular weight is 338 g/mol. The zero-order valence-electron chi connectivity index (χ0n) is 12.1. The Balaban J connectivity index is 1.81. The number of hydrogen-bond donors (Lipinski definition) is 2. The Kier molecular flexibility index (Phi) is 3.90. The summed E-state index contributed by atoms with van der Waals surface area (Å²) in [5.74, 6) is -1.16. The van der Waals surface area contributed by atoms with Crippen LogP contribution in [0.25, 0.3) is 5.69 Å². The molecule has 23 heavy (non-hydrogen) atoms. The Morgan fingerprint density at radius 1 is 1.35 bits per heavy atom. The third kappa shape index (κ3) is 3.10. The molecule has 2 aromatic rings. The lowest BCUT2D eigenvalue weighted by atomic mass is 10.1. The predicted molar refractivity (Wildman–Crippen MR) is 80.2 cm³/mol. The first kappa shape index (κ1) is 15.6. The van der Waals surface area contributed by atoms with Crippen molar-refractivity contribution in [3.05, 3.63) is 42.7 Å². The van der Waals surface area contributed by atoms with Crippen LogP contribution in [0.4, 0.5) is 4.39 Å². The van der Waals surface area contributed by atoms with Gasteiger partial charge in [0, 0.05) is 13.0 Å². The topological polar surface area (TPSA) is 93.1 Å². The van der Waals surface area contributed by atoms with Crippen LogP contribution in [0.1, 0.15) is 6.42 Å². The van der Waals surface area contributed by atoms with E-state index in [0.29, 0.717) is 12.2 Å². The van der Waals surface area contributed by atoms with Crippen molar-refractivity contribution in [2.45, 2.75) is 17.0 Å². The number of nitrogens with zero attached hydrogens (tertiary/aromatic N) is 2. The monoisotopic (exact) mass is 338 g/mol. The molecule has 7 nitrogen and oxygen atoms in total. The molecule has 0 aliphatic carbocycles. The Labute approximate surface area is 132 Å². The van der Waals surface area contributed by atoms with Gasteiger partial charge >= 0.3 is 0 Å². The predicted octanol–water partition coefficient (Wildman–Crippen LogP) is 0.379. The van der Waals surface area contributed by atoms with E-state index in [9.17, 15) is 17.6 Å². The van der Waals surface area contributed by atoms with Gasteiger partial charge in [-0.1, -0.05) is 18.2 Å². The number of hydrogen-bond acceptors (Lipinski definition) is 5. The van der Waals surface area contributed by atoms with E-state index >= 15 is 0 Å². The Morgan fingerprint density at radius 2 is 2.09 bits per heavy atom. The van der Waals surface area contributed by atoms with E-state index in [1.807, 2.05) is 6.07 Å². The van der Waals surface area contributed by atoms with Crippen LogP contribution in [0, 0.1) is 0 Å². The number of alkyl halides is 1. The summed E-state index contributed by atoms with van der Waals surface area (Å²) in [6.45, 7) is 0.132. The number of aromatic nitrogens is 2. The second-order valence-electron chi connectivity index (χ2n) is 5.28. The highest BCUT2D eigenvalue weighted by atomic mass is 32.2. The molecule has 2 N–H and O–H groups in total.